The predicted molar refractivity (Wildman–Crippen MR) is 46.0 cm³/mol. The van der Waals surface area contributed by atoms with Crippen molar-refractivity contribution in [1.29, 1.82) is 0 Å². The van der Waals surface area contributed by atoms with Crippen LogP contribution in [0.4, 0.5) is 4.39 Å². The molecular weight excluding hydrogens is 138 g/mol. The van der Waals surface area contributed by atoms with Crippen LogP contribution in [-0.2, 0) is 0 Å². The largest absolute Gasteiger partial charge is 0.207 e. The quantitative estimate of drug-likeness (QED) is 0.463. The Labute approximate surface area is 67.9 Å². The number of hydrogen-bond acceptors (Lipinski definition) is 0. The summed E-state index contributed by atoms with van der Waals surface area (Å²) in [5.74, 6) is -0.227. The zero-order valence-electron chi connectivity index (χ0n) is 6.39. The molecule has 0 nitrogen and oxygen atoms in total. The minimum Gasteiger partial charge on any atom is -0.207 e. The third-order valence-corrected chi connectivity index (χ3v) is 1.57. The minimum absolute atomic E-state index is 0.227. The summed E-state index contributed by atoms with van der Waals surface area (Å²) < 4.78 is 12.7. The highest BCUT2D eigenvalue weighted by molar-refractivity contribution is 6.21. The molecule has 2 radical (unpaired) electrons. The van der Waals surface area contributed by atoms with Gasteiger partial charge in [-0.2, -0.15) is 0 Å². The molecule has 1 rings (SSSR count). The van der Waals surface area contributed by atoms with E-state index in [1.165, 1.54) is 12.2 Å². The van der Waals surface area contributed by atoms with Crippen molar-refractivity contribution in [3.63, 3.8) is 0 Å². The second-order valence-corrected chi connectivity index (χ2v) is 2.59. The summed E-state index contributed by atoms with van der Waals surface area (Å²) >= 11 is 0. The molecule has 0 bridgehead atoms. The van der Waals surface area contributed by atoms with Crippen molar-refractivity contribution >= 4 is 7.85 Å². The van der Waals surface area contributed by atoms with Crippen LogP contribution >= 0.6 is 0 Å². The van der Waals surface area contributed by atoms with Gasteiger partial charge in [-0.3, -0.25) is 0 Å². The Morgan fingerprint density at radius 1 is 1.36 bits per heavy atom. The first-order valence-electron chi connectivity index (χ1n) is 3.77. The molecule has 0 heterocycles. The fraction of sp³-hybridized carbons (Fsp3) is 0.333. The van der Waals surface area contributed by atoms with E-state index in [9.17, 15) is 4.39 Å². The SMILES string of the molecule is [B]/C1=C/C=C(/F)C=CCCC1. The van der Waals surface area contributed by atoms with Gasteiger partial charge in [0.1, 0.15) is 13.7 Å². The van der Waals surface area contributed by atoms with Crippen LogP contribution in [0.15, 0.2) is 35.6 Å². The molecule has 0 saturated carbocycles. The third kappa shape index (κ3) is 3.21. The molecule has 0 N–H and O–H groups in total. The second-order valence-electron chi connectivity index (χ2n) is 2.59. The minimum atomic E-state index is -0.227. The maximum Gasteiger partial charge on any atom is 0.122 e. The average molecular weight is 148 g/mol. The van der Waals surface area contributed by atoms with Gasteiger partial charge in [0.2, 0.25) is 0 Å². The van der Waals surface area contributed by atoms with Gasteiger partial charge in [0.25, 0.3) is 0 Å². The Hall–Kier alpha value is -0.785. The summed E-state index contributed by atoms with van der Waals surface area (Å²) in [4.78, 5) is 0. The molecule has 1 aliphatic rings. The van der Waals surface area contributed by atoms with Crippen LogP contribution in [0, 0.1) is 0 Å². The lowest BCUT2D eigenvalue weighted by Crippen LogP contribution is -1.80. The molecule has 0 amide bonds. The van der Waals surface area contributed by atoms with Crippen molar-refractivity contribution in [1.82, 2.24) is 0 Å². The van der Waals surface area contributed by atoms with Crippen LogP contribution in [0.2, 0.25) is 0 Å². The normalized spacial score (nSPS) is 28.8. The summed E-state index contributed by atoms with van der Waals surface area (Å²) in [6.07, 6.45) is 9.10. The highest BCUT2D eigenvalue weighted by atomic mass is 19.1. The zero-order valence-corrected chi connectivity index (χ0v) is 6.39. The van der Waals surface area contributed by atoms with E-state index in [2.05, 4.69) is 0 Å². The van der Waals surface area contributed by atoms with Crippen molar-refractivity contribution in [3.8, 4) is 0 Å². The van der Waals surface area contributed by atoms with Gasteiger partial charge in [-0.05, 0) is 31.4 Å². The Bertz CT molecular complexity index is 214. The molecule has 0 atom stereocenters. The molecule has 0 aliphatic heterocycles. The van der Waals surface area contributed by atoms with Crippen LogP contribution in [0.1, 0.15) is 19.3 Å². The van der Waals surface area contributed by atoms with Gasteiger partial charge in [0.05, 0.1) is 0 Å². The molecule has 0 spiro atoms. The van der Waals surface area contributed by atoms with Crippen LogP contribution in [-0.4, -0.2) is 7.85 Å². The van der Waals surface area contributed by atoms with Gasteiger partial charge in [-0.15, -0.1) is 5.47 Å². The summed E-state index contributed by atoms with van der Waals surface area (Å²) in [6.45, 7) is 0. The molecule has 0 aromatic heterocycles. The molecule has 0 aromatic rings. The first kappa shape index (κ1) is 8.31. The Kier molecular flexibility index (Phi) is 3.15. The van der Waals surface area contributed by atoms with E-state index in [1.807, 2.05) is 6.08 Å². The van der Waals surface area contributed by atoms with Crippen LogP contribution in [0.3, 0.4) is 0 Å². The van der Waals surface area contributed by atoms with E-state index in [0.29, 0.717) is 0 Å². The topological polar surface area (TPSA) is 0 Å². The molecular formula is C9H10BF. The molecule has 0 fully saturated rings. The second kappa shape index (κ2) is 4.17. The number of allylic oxidation sites excluding steroid dienone is 6. The van der Waals surface area contributed by atoms with Crippen LogP contribution < -0.4 is 0 Å². The van der Waals surface area contributed by atoms with E-state index in [-0.39, 0.29) is 5.83 Å². The Balaban J connectivity index is 2.72. The maximum absolute atomic E-state index is 12.7. The lowest BCUT2D eigenvalue weighted by atomic mass is 9.90. The van der Waals surface area contributed by atoms with E-state index >= 15 is 0 Å². The molecule has 56 valence electrons. The van der Waals surface area contributed by atoms with E-state index < -0.39 is 0 Å². The molecule has 2 heteroatoms. The predicted octanol–water partition coefficient (Wildman–Crippen LogP) is 2.63. The lowest BCUT2D eigenvalue weighted by Gasteiger charge is -1.95. The van der Waals surface area contributed by atoms with Gasteiger partial charge in [0, 0.05) is 0 Å². The van der Waals surface area contributed by atoms with Crippen molar-refractivity contribution < 1.29 is 4.39 Å². The smallest absolute Gasteiger partial charge is 0.122 e. The molecule has 0 aromatic carbocycles. The average Bonchev–Trinajstić information content (AvgIpc) is 2.06. The maximum atomic E-state index is 12.7. The molecule has 0 saturated heterocycles. The zero-order chi connectivity index (χ0) is 8.10. The monoisotopic (exact) mass is 148 g/mol. The van der Waals surface area contributed by atoms with Crippen molar-refractivity contribution in [2.45, 2.75) is 19.3 Å². The van der Waals surface area contributed by atoms with Crippen LogP contribution in [0.25, 0.3) is 0 Å². The van der Waals surface area contributed by atoms with E-state index in [4.69, 9.17) is 7.85 Å². The van der Waals surface area contributed by atoms with Crippen molar-refractivity contribution in [3.05, 3.63) is 35.6 Å². The Morgan fingerprint density at radius 2 is 2.18 bits per heavy atom. The third-order valence-electron chi connectivity index (χ3n) is 1.57. The van der Waals surface area contributed by atoms with Crippen molar-refractivity contribution in [2.75, 3.05) is 0 Å². The standard InChI is InChI=1S/C9H10BF/c10-8-4-2-1-3-5-9(11)7-6-8/h3,5-7H,1-2,4H2/b5-3?,8-6+,9-7+. The first-order valence-corrected chi connectivity index (χ1v) is 3.77. The fourth-order valence-electron chi connectivity index (χ4n) is 0.945. The number of rotatable bonds is 0. The van der Waals surface area contributed by atoms with Gasteiger partial charge in [-0.1, -0.05) is 12.2 Å². The van der Waals surface area contributed by atoms with Gasteiger partial charge >= 0.3 is 0 Å². The highest BCUT2D eigenvalue weighted by Gasteiger charge is 1.92. The summed E-state index contributed by atoms with van der Waals surface area (Å²) in [5.41, 5.74) is 0.754. The Morgan fingerprint density at radius 3 is 3.00 bits per heavy atom. The lowest BCUT2D eigenvalue weighted by molar-refractivity contribution is 0.666. The molecule has 11 heavy (non-hydrogen) atoms. The fourth-order valence-corrected chi connectivity index (χ4v) is 0.945. The number of halogens is 1. The summed E-state index contributed by atoms with van der Waals surface area (Å²) in [7, 11) is 5.56. The van der Waals surface area contributed by atoms with E-state index in [0.717, 1.165) is 24.7 Å². The molecule has 0 unspecified atom stereocenters. The van der Waals surface area contributed by atoms with Gasteiger partial charge < -0.3 is 0 Å². The van der Waals surface area contributed by atoms with Crippen LogP contribution in [0.5, 0.6) is 0 Å². The molecule has 1 aliphatic carbocycles. The van der Waals surface area contributed by atoms with Gasteiger partial charge in [0.15, 0.2) is 0 Å². The summed E-state index contributed by atoms with van der Waals surface area (Å²) in [5, 5.41) is 0. The van der Waals surface area contributed by atoms with E-state index in [1.54, 1.807) is 6.08 Å². The summed E-state index contributed by atoms with van der Waals surface area (Å²) in [6, 6.07) is 0. The van der Waals surface area contributed by atoms with Crippen molar-refractivity contribution in [2.24, 2.45) is 0 Å². The highest BCUT2D eigenvalue weighted by Crippen LogP contribution is 2.10. The number of hydrogen-bond donors (Lipinski definition) is 0. The van der Waals surface area contributed by atoms with Gasteiger partial charge in [-0.25, -0.2) is 4.39 Å². The first-order chi connectivity index (χ1) is 5.29.